The quantitative estimate of drug-likeness (QED) is 0.184. The van der Waals surface area contributed by atoms with E-state index in [1.165, 1.54) is 30.5 Å². The van der Waals surface area contributed by atoms with Crippen LogP contribution in [0.1, 0.15) is 21.5 Å². The molecule has 0 aromatic heterocycles. The molecule has 3 aromatic carbocycles. The van der Waals surface area contributed by atoms with E-state index in [0.29, 0.717) is 5.56 Å². The monoisotopic (exact) mass is 432 g/mol. The summed E-state index contributed by atoms with van der Waals surface area (Å²) in [4.78, 5) is 34.3. The van der Waals surface area contributed by atoms with Gasteiger partial charge < -0.3 is 10.1 Å². The maximum absolute atomic E-state index is 12.2. The second-order valence-corrected chi connectivity index (χ2v) is 6.78. The van der Waals surface area contributed by atoms with Crippen LogP contribution in [0.3, 0.4) is 0 Å². The lowest BCUT2D eigenvalue weighted by atomic mass is 10.2. The molecule has 9 heteroatoms. The molecule has 0 saturated carbocycles. The molecular formula is C23H20N4O5. The third-order valence-corrected chi connectivity index (χ3v) is 4.29. The molecule has 0 unspecified atom stereocenters. The number of hydrogen-bond donors (Lipinski definition) is 2. The summed E-state index contributed by atoms with van der Waals surface area (Å²) < 4.78 is 5.30. The van der Waals surface area contributed by atoms with Crippen LogP contribution in [0.25, 0.3) is 0 Å². The minimum absolute atomic E-state index is 0.0628. The number of nitrogens with one attached hydrogen (secondary N) is 2. The third kappa shape index (κ3) is 6.49. The lowest BCUT2D eigenvalue weighted by Crippen LogP contribution is -2.25. The summed E-state index contributed by atoms with van der Waals surface area (Å²) in [6, 6.07) is 19.3. The number of carbonyl (C=O) groups is 2. The Balaban J connectivity index is 1.51. The van der Waals surface area contributed by atoms with E-state index in [-0.39, 0.29) is 29.5 Å². The number of aryl methyl sites for hydroxylation is 1. The van der Waals surface area contributed by atoms with Gasteiger partial charge in [-0.25, -0.2) is 10.2 Å². The van der Waals surface area contributed by atoms with Crippen molar-refractivity contribution in [1.29, 1.82) is 0 Å². The second kappa shape index (κ2) is 10.5. The zero-order valence-electron chi connectivity index (χ0n) is 17.1. The van der Waals surface area contributed by atoms with E-state index in [1.807, 2.05) is 31.2 Å². The number of nitrogens with zero attached hydrogens (tertiary/aromatic N) is 2. The lowest BCUT2D eigenvalue weighted by Gasteiger charge is -2.06. The number of hydrazone groups is 1. The Morgan fingerprint density at radius 1 is 1.06 bits per heavy atom. The van der Waals surface area contributed by atoms with E-state index in [1.54, 1.807) is 24.3 Å². The molecule has 0 aliphatic rings. The maximum Gasteiger partial charge on any atom is 0.343 e. The van der Waals surface area contributed by atoms with Crippen molar-refractivity contribution in [3.05, 3.63) is 99.6 Å². The summed E-state index contributed by atoms with van der Waals surface area (Å²) >= 11 is 0. The molecule has 162 valence electrons. The van der Waals surface area contributed by atoms with E-state index in [2.05, 4.69) is 15.8 Å². The molecule has 0 bridgehead atoms. The largest absolute Gasteiger partial charge is 0.423 e. The average Bonchev–Trinajstić information content (AvgIpc) is 2.79. The van der Waals surface area contributed by atoms with Crippen molar-refractivity contribution in [3.63, 3.8) is 0 Å². The first-order valence-corrected chi connectivity index (χ1v) is 9.60. The summed E-state index contributed by atoms with van der Waals surface area (Å²) in [7, 11) is 0. The van der Waals surface area contributed by atoms with Crippen LogP contribution in [-0.2, 0) is 4.79 Å². The highest BCUT2D eigenvalue weighted by Gasteiger charge is 2.11. The van der Waals surface area contributed by atoms with Gasteiger partial charge in [-0.2, -0.15) is 5.10 Å². The Labute approximate surface area is 183 Å². The number of esters is 1. The van der Waals surface area contributed by atoms with Crippen molar-refractivity contribution in [1.82, 2.24) is 5.43 Å². The van der Waals surface area contributed by atoms with Crippen LogP contribution in [0.15, 0.2) is 77.9 Å². The van der Waals surface area contributed by atoms with Crippen LogP contribution in [0.2, 0.25) is 0 Å². The van der Waals surface area contributed by atoms with Crippen LogP contribution in [0, 0.1) is 17.0 Å². The Kier molecular flexibility index (Phi) is 7.26. The number of carbonyl (C=O) groups excluding carboxylic acids is 2. The first kappa shape index (κ1) is 22.2. The minimum Gasteiger partial charge on any atom is -0.423 e. The maximum atomic E-state index is 12.2. The van der Waals surface area contributed by atoms with Crippen LogP contribution in [0.5, 0.6) is 5.75 Å². The fraction of sp³-hybridized carbons (Fsp3) is 0.0870. The Bertz CT molecular complexity index is 1140. The van der Waals surface area contributed by atoms with E-state index >= 15 is 0 Å². The van der Waals surface area contributed by atoms with Crippen molar-refractivity contribution >= 4 is 29.5 Å². The second-order valence-electron chi connectivity index (χ2n) is 6.78. The van der Waals surface area contributed by atoms with Crippen LogP contribution >= 0.6 is 0 Å². The number of hydrogen-bond acceptors (Lipinski definition) is 7. The number of nitro benzene ring substituents is 1. The molecule has 0 atom stereocenters. The molecule has 0 heterocycles. The van der Waals surface area contributed by atoms with Gasteiger partial charge in [-0.3, -0.25) is 14.9 Å². The Morgan fingerprint density at radius 3 is 2.47 bits per heavy atom. The fourth-order valence-electron chi connectivity index (χ4n) is 2.62. The Morgan fingerprint density at radius 2 is 1.78 bits per heavy atom. The molecule has 1 amide bonds. The van der Waals surface area contributed by atoms with Crippen molar-refractivity contribution < 1.29 is 19.2 Å². The topological polar surface area (TPSA) is 123 Å². The molecule has 3 aromatic rings. The van der Waals surface area contributed by atoms with Crippen LogP contribution in [0.4, 0.5) is 11.4 Å². The summed E-state index contributed by atoms with van der Waals surface area (Å²) in [5.41, 5.74) is 5.05. The molecule has 2 N–H and O–H groups in total. The molecule has 0 spiro atoms. The number of ether oxygens (including phenoxy) is 1. The van der Waals surface area contributed by atoms with Gasteiger partial charge in [0.25, 0.3) is 11.6 Å². The normalized spacial score (nSPS) is 10.5. The van der Waals surface area contributed by atoms with Gasteiger partial charge in [0, 0.05) is 17.8 Å². The van der Waals surface area contributed by atoms with Gasteiger partial charge in [-0.1, -0.05) is 29.8 Å². The van der Waals surface area contributed by atoms with Gasteiger partial charge in [0.15, 0.2) is 0 Å². The van der Waals surface area contributed by atoms with Gasteiger partial charge in [0.1, 0.15) is 5.75 Å². The van der Waals surface area contributed by atoms with E-state index < -0.39 is 10.9 Å². The first-order valence-electron chi connectivity index (χ1n) is 9.60. The standard InChI is InChI=1S/C23H20N4O5/c1-16-5-9-19(10-6-16)24-15-22(28)26-25-14-17-3-2-4-21(13-17)32-23(29)18-7-11-20(12-8-18)27(30)31/h2-14,24H,15H2,1H3,(H,26,28)/b25-14-. The highest BCUT2D eigenvalue weighted by molar-refractivity contribution is 5.91. The summed E-state index contributed by atoms with van der Waals surface area (Å²) in [6.45, 7) is 2.05. The molecule has 0 radical (unpaired) electrons. The van der Waals surface area contributed by atoms with E-state index in [9.17, 15) is 19.7 Å². The predicted molar refractivity (Wildman–Crippen MR) is 120 cm³/mol. The van der Waals surface area contributed by atoms with Gasteiger partial charge >= 0.3 is 5.97 Å². The smallest absolute Gasteiger partial charge is 0.343 e. The van der Waals surface area contributed by atoms with E-state index in [0.717, 1.165) is 11.3 Å². The Hall–Kier alpha value is -4.53. The van der Waals surface area contributed by atoms with Crippen molar-refractivity contribution in [2.45, 2.75) is 6.92 Å². The van der Waals surface area contributed by atoms with Gasteiger partial charge in [0.2, 0.25) is 0 Å². The molecule has 0 aliphatic carbocycles. The summed E-state index contributed by atoms with van der Waals surface area (Å²) in [5, 5.41) is 17.6. The minimum atomic E-state index is -0.649. The van der Waals surface area contributed by atoms with Crippen LogP contribution in [-0.4, -0.2) is 29.6 Å². The average molecular weight is 432 g/mol. The molecule has 0 saturated heterocycles. The lowest BCUT2D eigenvalue weighted by molar-refractivity contribution is -0.384. The number of amides is 1. The third-order valence-electron chi connectivity index (χ3n) is 4.29. The van der Waals surface area contributed by atoms with Crippen molar-refractivity contribution in [2.75, 3.05) is 11.9 Å². The number of non-ortho nitro benzene ring substituents is 1. The van der Waals surface area contributed by atoms with Crippen molar-refractivity contribution in [3.8, 4) is 5.75 Å². The summed E-state index contributed by atoms with van der Waals surface area (Å²) in [5.74, 6) is -0.697. The molecular weight excluding hydrogens is 412 g/mol. The highest BCUT2D eigenvalue weighted by atomic mass is 16.6. The number of nitro groups is 1. The van der Waals surface area contributed by atoms with Crippen LogP contribution < -0.4 is 15.5 Å². The number of benzene rings is 3. The SMILES string of the molecule is Cc1ccc(NCC(=O)N/N=C\c2cccc(OC(=O)c3ccc([N+](=O)[O-])cc3)c2)cc1. The molecule has 9 nitrogen and oxygen atoms in total. The zero-order valence-corrected chi connectivity index (χ0v) is 17.1. The molecule has 0 aliphatic heterocycles. The number of rotatable bonds is 8. The predicted octanol–water partition coefficient (Wildman–Crippen LogP) is 3.68. The zero-order chi connectivity index (χ0) is 22.9. The van der Waals surface area contributed by atoms with Crippen molar-refractivity contribution in [2.24, 2.45) is 5.10 Å². The molecule has 0 fully saturated rings. The summed E-state index contributed by atoms with van der Waals surface area (Å²) in [6.07, 6.45) is 1.42. The van der Waals surface area contributed by atoms with E-state index in [4.69, 9.17) is 4.74 Å². The highest BCUT2D eigenvalue weighted by Crippen LogP contribution is 2.16. The molecule has 32 heavy (non-hydrogen) atoms. The molecule has 3 rings (SSSR count). The van der Waals surface area contributed by atoms with Gasteiger partial charge in [-0.15, -0.1) is 0 Å². The number of anilines is 1. The van der Waals surface area contributed by atoms with Gasteiger partial charge in [0.05, 0.1) is 23.2 Å². The fourth-order valence-corrected chi connectivity index (χ4v) is 2.62. The first-order chi connectivity index (χ1) is 15.4. The van der Waals surface area contributed by atoms with Gasteiger partial charge in [-0.05, 0) is 48.9 Å².